The fourth-order valence-electron chi connectivity index (χ4n) is 3.11. The van der Waals surface area contributed by atoms with Crippen LogP contribution in [0.2, 0.25) is 0 Å². The Morgan fingerprint density at radius 2 is 1.90 bits per heavy atom. The monoisotopic (exact) mass is 287 g/mol. The number of nitrogens with one attached hydrogen (secondary N) is 1. The maximum Gasteiger partial charge on any atom is 0.245 e. The van der Waals surface area contributed by atoms with Gasteiger partial charge >= 0.3 is 0 Å². The van der Waals surface area contributed by atoms with Crippen LogP contribution in [0.5, 0.6) is 0 Å². The lowest BCUT2D eigenvalue weighted by Crippen LogP contribution is -2.53. The Bertz CT molecular complexity index is 550. The van der Waals surface area contributed by atoms with Crippen LogP contribution < -0.4 is 10.2 Å². The van der Waals surface area contributed by atoms with E-state index in [9.17, 15) is 9.59 Å². The van der Waals surface area contributed by atoms with E-state index in [1.54, 1.807) is 0 Å². The number of para-hydroxylation sites is 1. The molecule has 2 aliphatic rings. The fourth-order valence-corrected chi connectivity index (χ4v) is 3.11. The van der Waals surface area contributed by atoms with Crippen LogP contribution in [0.15, 0.2) is 24.3 Å². The molecule has 2 amide bonds. The lowest BCUT2D eigenvalue weighted by Gasteiger charge is -2.37. The quantitative estimate of drug-likeness (QED) is 0.880. The van der Waals surface area contributed by atoms with Gasteiger partial charge in [-0.1, -0.05) is 18.2 Å². The van der Waals surface area contributed by atoms with Crippen LogP contribution >= 0.6 is 0 Å². The molecule has 112 valence electrons. The van der Waals surface area contributed by atoms with Crippen molar-refractivity contribution in [3.63, 3.8) is 0 Å². The van der Waals surface area contributed by atoms with Crippen molar-refractivity contribution in [2.45, 2.75) is 25.8 Å². The maximum atomic E-state index is 12.3. The molecule has 1 aromatic rings. The minimum atomic E-state index is -0.303. The molecule has 5 heteroatoms. The van der Waals surface area contributed by atoms with Crippen LogP contribution in [0.3, 0.4) is 0 Å². The molecule has 0 saturated carbocycles. The summed E-state index contributed by atoms with van der Waals surface area (Å²) < 4.78 is 0. The Kier molecular flexibility index (Phi) is 3.82. The second kappa shape index (κ2) is 5.76. The first-order valence-corrected chi connectivity index (χ1v) is 7.54. The average molecular weight is 287 g/mol. The van der Waals surface area contributed by atoms with Gasteiger partial charge in [0, 0.05) is 38.3 Å². The first kappa shape index (κ1) is 13.9. The minimum absolute atomic E-state index is 0.00750. The highest BCUT2D eigenvalue weighted by Gasteiger charge is 2.32. The van der Waals surface area contributed by atoms with E-state index in [0.29, 0.717) is 12.8 Å². The summed E-state index contributed by atoms with van der Waals surface area (Å²) >= 11 is 0. The zero-order chi connectivity index (χ0) is 14.8. The summed E-state index contributed by atoms with van der Waals surface area (Å²) in [7, 11) is 0. The number of hydrogen-bond acceptors (Lipinski definition) is 3. The van der Waals surface area contributed by atoms with Crippen molar-refractivity contribution >= 4 is 17.5 Å². The third-order valence-corrected chi connectivity index (χ3v) is 4.34. The van der Waals surface area contributed by atoms with Crippen molar-refractivity contribution in [2.75, 3.05) is 31.1 Å². The second-order valence-corrected chi connectivity index (χ2v) is 5.76. The van der Waals surface area contributed by atoms with E-state index in [0.717, 1.165) is 26.2 Å². The molecule has 0 radical (unpaired) electrons. The third-order valence-electron chi connectivity index (χ3n) is 4.34. The highest BCUT2D eigenvalue weighted by molar-refractivity contribution is 5.90. The molecule has 21 heavy (non-hydrogen) atoms. The minimum Gasteiger partial charge on any atom is -0.368 e. The first-order valence-electron chi connectivity index (χ1n) is 7.54. The van der Waals surface area contributed by atoms with Gasteiger partial charge in [-0.05, 0) is 25.0 Å². The number of amides is 2. The molecule has 0 unspecified atom stereocenters. The molecule has 2 saturated heterocycles. The van der Waals surface area contributed by atoms with Gasteiger partial charge in [0.1, 0.15) is 6.04 Å². The SMILES string of the molecule is Cc1ccccc1N1CCN(C(=O)[C@@H]2CCC(=O)N2)CC1. The maximum absolute atomic E-state index is 12.3. The predicted octanol–water partition coefficient (Wildman–Crippen LogP) is 0.922. The van der Waals surface area contributed by atoms with Crippen LogP contribution in [0, 0.1) is 6.92 Å². The van der Waals surface area contributed by atoms with Gasteiger partial charge in [0.05, 0.1) is 0 Å². The second-order valence-electron chi connectivity index (χ2n) is 5.76. The summed E-state index contributed by atoms with van der Waals surface area (Å²) in [5.41, 5.74) is 2.51. The zero-order valence-corrected chi connectivity index (χ0v) is 12.3. The molecule has 0 bridgehead atoms. The van der Waals surface area contributed by atoms with Gasteiger partial charge in [-0.25, -0.2) is 0 Å². The number of nitrogens with zero attached hydrogens (tertiary/aromatic N) is 2. The van der Waals surface area contributed by atoms with E-state index < -0.39 is 0 Å². The van der Waals surface area contributed by atoms with Gasteiger partial charge in [0.2, 0.25) is 11.8 Å². The topological polar surface area (TPSA) is 52.7 Å². The van der Waals surface area contributed by atoms with Gasteiger partial charge in [0.15, 0.2) is 0 Å². The third kappa shape index (κ3) is 2.86. The van der Waals surface area contributed by atoms with Crippen LogP contribution in [0.25, 0.3) is 0 Å². The van der Waals surface area contributed by atoms with Crippen molar-refractivity contribution in [3.05, 3.63) is 29.8 Å². The summed E-state index contributed by atoms with van der Waals surface area (Å²) in [5, 5.41) is 2.76. The number of aryl methyl sites for hydroxylation is 1. The van der Waals surface area contributed by atoms with Crippen molar-refractivity contribution in [1.29, 1.82) is 0 Å². The summed E-state index contributed by atoms with van der Waals surface area (Å²) in [5.74, 6) is 0.0668. The number of carbonyl (C=O) groups excluding carboxylic acids is 2. The molecular formula is C16H21N3O2. The van der Waals surface area contributed by atoms with Crippen LogP contribution in [-0.2, 0) is 9.59 Å². The summed E-state index contributed by atoms with van der Waals surface area (Å²) in [6.07, 6.45) is 1.11. The Labute approximate surface area is 124 Å². The van der Waals surface area contributed by atoms with Crippen LogP contribution in [-0.4, -0.2) is 48.9 Å². The molecule has 2 aliphatic heterocycles. The number of rotatable bonds is 2. The van der Waals surface area contributed by atoms with E-state index >= 15 is 0 Å². The molecule has 0 aromatic heterocycles. The van der Waals surface area contributed by atoms with Gasteiger partial charge in [-0.15, -0.1) is 0 Å². The van der Waals surface area contributed by atoms with E-state index in [1.165, 1.54) is 11.3 Å². The Hall–Kier alpha value is -2.04. The van der Waals surface area contributed by atoms with E-state index in [2.05, 4.69) is 29.3 Å². The van der Waals surface area contributed by atoms with Crippen LogP contribution in [0.4, 0.5) is 5.69 Å². The Morgan fingerprint density at radius 3 is 2.52 bits per heavy atom. The molecule has 1 atom stereocenters. The summed E-state index contributed by atoms with van der Waals surface area (Å²) in [6.45, 7) is 5.24. The molecular weight excluding hydrogens is 266 g/mol. The van der Waals surface area contributed by atoms with E-state index in [4.69, 9.17) is 0 Å². The number of hydrogen-bond donors (Lipinski definition) is 1. The first-order chi connectivity index (χ1) is 10.1. The van der Waals surface area contributed by atoms with Gasteiger partial charge in [-0.2, -0.15) is 0 Å². The highest BCUT2D eigenvalue weighted by atomic mass is 16.2. The van der Waals surface area contributed by atoms with Crippen molar-refractivity contribution < 1.29 is 9.59 Å². The molecule has 0 spiro atoms. The summed E-state index contributed by atoms with van der Waals surface area (Å²) in [4.78, 5) is 27.8. The van der Waals surface area contributed by atoms with Gasteiger partial charge in [-0.3, -0.25) is 9.59 Å². The van der Waals surface area contributed by atoms with Gasteiger partial charge < -0.3 is 15.1 Å². The van der Waals surface area contributed by atoms with Crippen LogP contribution in [0.1, 0.15) is 18.4 Å². The smallest absolute Gasteiger partial charge is 0.245 e. The van der Waals surface area contributed by atoms with E-state index in [-0.39, 0.29) is 17.9 Å². The number of benzene rings is 1. The molecule has 0 aliphatic carbocycles. The summed E-state index contributed by atoms with van der Waals surface area (Å²) in [6, 6.07) is 8.03. The van der Waals surface area contributed by atoms with Crippen molar-refractivity contribution in [3.8, 4) is 0 Å². The number of anilines is 1. The highest BCUT2D eigenvalue weighted by Crippen LogP contribution is 2.21. The van der Waals surface area contributed by atoms with Crippen molar-refractivity contribution in [1.82, 2.24) is 10.2 Å². The fraction of sp³-hybridized carbons (Fsp3) is 0.500. The molecule has 1 N–H and O–H groups in total. The molecule has 5 nitrogen and oxygen atoms in total. The average Bonchev–Trinajstić information content (AvgIpc) is 2.94. The zero-order valence-electron chi connectivity index (χ0n) is 12.3. The normalized spacial score (nSPS) is 22.3. The largest absolute Gasteiger partial charge is 0.368 e. The predicted molar refractivity (Wildman–Crippen MR) is 81.1 cm³/mol. The Balaban J connectivity index is 1.59. The standard InChI is InChI=1S/C16H21N3O2/c1-12-4-2-3-5-14(12)18-8-10-19(11-9-18)16(21)13-6-7-15(20)17-13/h2-5,13H,6-11H2,1H3,(H,17,20)/t13-/m0/s1. The lowest BCUT2D eigenvalue weighted by atomic mass is 10.1. The van der Waals surface area contributed by atoms with Gasteiger partial charge in [0.25, 0.3) is 0 Å². The van der Waals surface area contributed by atoms with Crippen molar-refractivity contribution in [2.24, 2.45) is 0 Å². The molecule has 3 rings (SSSR count). The molecule has 2 heterocycles. The number of carbonyl (C=O) groups is 2. The molecule has 1 aromatic carbocycles. The molecule has 2 fully saturated rings. The van der Waals surface area contributed by atoms with E-state index in [1.807, 2.05) is 17.0 Å². The number of piperazine rings is 1. The Morgan fingerprint density at radius 1 is 1.19 bits per heavy atom. The lowest BCUT2D eigenvalue weighted by molar-refractivity contribution is -0.134.